The summed E-state index contributed by atoms with van der Waals surface area (Å²) in [6, 6.07) is 11.4. The molecular weight excluding hydrogens is 521 g/mol. The van der Waals surface area contributed by atoms with Crippen molar-refractivity contribution in [2.45, 2.75) is 26.2 Å². The Labute approximate surface area is 205 Å². The number of nitrogens with zero attached hydrogens (tertiary/aromatic N) is 3. The van der Waals surface area contributed by atoms with Crippen molar-refractivity contribution in [2.75, 3.05) is 57.5 Å². The fraction of sp³-hybridized carbons (Fsp3) is 0.500. The lowest BCUT2D eigenvalue weighted by Gasteiger charge is -2.31. The largest absolute Gasteiger partial charge is 1.00 e. The third-order valence-corrected chi connectivity index (χ3v) is 7.09. The molecule has 2 fully saturated rings. The lowest BCUT2D eigenvalue weighted by Crippen LogP contribution is -3.00. The van der Waals surface area contributed by atoms with Gasteiger partial charge in [-0.1, -0.05) is 20.8 Å². The second-order valence-electron chi connectivity index (χ2n) is 9.15. The van der Waals surface area contributed by atoms with Crippen molar-refractivity contribution in [1.29, 1.82) is 0 Å². The first-order chi connectivity index (χ1) is 14.5. The standard InChI is InChI=1S/C24H30N3O2S.HI/c1-24(2,3)19-14-18(27-8-12-29-13-9-27)16-22-23(19)25-20-5-4-17(15-21(20)30-22)26-6-10-28-11-7-26;/h4-5,14-16H,6-13H2,1-3H3;1H/q+1;/p-1. The smallest absolute Gasteiger partial charge is 0.201 e. The van der Waals surface area contributed by atoms with E-state index in [1.807, 2.05) is 11.3 Å². The molecule has 5 nitrogen and oxygen atoms in total. The van der Waals surface area contributed by atoms with Crippen LogP contribution in [0.15, 0.2) is 30.3 Å². The molecule has 0 saturated carbocycles. The van der Waals surface area contributed by atoms with Gasteiger partial charge in [0.05, 0.1) is 34.0 Å². The Bertz CT molecular complexity index is 1110. The highest BCUT2D eigenvalue weighted by molar-refractivity contribution is 7.21. The fourth-order valence-corrected chi connectivity index (χ4v) is 5.36. The maximum Gasteiger partial charge on any atom is 0.201 e. The molecule has 3 heterocycles. The summed E-state index contributed by atoms with van der Waals surface area (Å²) in [5.41, 5.74) is 4.85. The number of anilines is 1. The Morgan fingerprint density at radius 1 is 0.968 bits per heavy atom. The molecule has 0 amide bonds. The van der Waals surface area contributed by atoms with E-state index in [0.29, 0.717) is 0 Å². The predicted molar refractivity (Wildman–Crippen MR) is 124 cm³/mol. The van der Waals surface area contributed by atoms with Crippen molar-refractivity contribution in [3.05, 3.63) is 41.3 Å². The Hall–Kier alpha value is -1.29. The molecule has 0 bridgehead atoms. The number of hydrogen-bond acceptors (Lipinski definition) is 5. The highest BCUT2D eigenvalue weighted by atomic mass is 127. The number of hydrogen-bond donors (Lipinski definition) is 0. The zero-order chi connectivity index (χ0) is 20.7. The van der Waals surface area contributed by atoms with Crippen molar-refractivity contribution in [3.8, 4) is 10.6 Å². The van der Waals surface area contributed by atoms with Gasteiger partial charge in [0.15, 0.2) is 13.1 Å². The van der Waals surface area contributed by atoms with Crippen LogP contribution in [0, 0.1) is 0 Å². The molecule has 1 aromatic carbocycles. The van der Waals surface area contributed by atoms with Crippen LogP contribution >= 0.6 is 11.3 Å². The quantitative estimate of drug-likeness (QED) is 0.249. The molecule has 7 heteroatoms. The Morgan fingerprint density at radius 3 is 2.39 bits per heavy atom. The van der Waals surface area contributed by atoms with Crippen molar-refractivity contribution in [1.82, 2.24) is 9.56 Å². The number of benzene rings is 2. The average Bonchev–Trinajstić information content (AvgIpc) is 2.77. The van der Waals surface area contributed by atoms with Gasteiger partial charge in [-0.15, -0.1) is 11.3 Å². The number of halogens is 1. The number of rotatable bonds is 1. The van der Waals surface area contributed by atoms with Crippen molar-refractivity contribution in [3.63, 3.8) is 0 Å². The average molecular weight is 551 g/mol. The van der Waals surface area contributed by atoms with Crippen LogP contribution in [-0.2, 0) is 14.9 Å². The molecule has 0 radical (unpaired) electrons. The lowest BCUT2D eigenvalue weighted by atomic mass is 9.86. The molecule has 3 aliphatic heterocycles. The zero-order valence-corrected chi connectivity index (χ0v) is 21.5. The molecule has 2 saturated heterocycles. The van der Waals surface area contributed by atoms with Gasteiger partial charge in [0, 0.05) is 30.9 Å². The molecule has 0 spiro atoms. The molecule has 166 valence electrons. The minimum Gasteiger partial charge on any atom is -1.00 e. The zero-order valence-electron chi connectivity index (χ0n) is 18.5. The van der Waals surface area contributed by atoms with Gasteiger partial charge in [-0.2, -0.15) is 0 Å². The Balaban J connectivity index is 0.00000231. The van der Waals surface area contributed by atoms with Gasteiger partial charge >= 0.3 is 0 Å². The normalized spacial score (nSPS) is 17.8. The van der Waals surface area contributed by atoms with Crippen LogP contribution in [0.1, 0.15) is 26.3 Å². The first-order valence-corrected chi connectivity index (χ1v) is 11.7. The van der Waals surface area contributed by atoms with Crippen LogP contribution in [0.2, 0.25) is 0 Å². The van der Waals surface area contributed by atoms with E-state index in [1.165, 1.54) is 26.2 Å². The number of aromatic nitrogens is 1. The summed E-state index contributed by atoms with van der Waals surface area (Å²) in [6.07, 6.45) is 0. The van der Waals surface area contributed by atoms with Crippen LogP contribution in [0.4, 0.5) is 5.69 Å². The topological polar surface area (TPSA) is 37.6 Å². The Kier molecular flexibility index (Phi) is 6.86. The SMILES string of the molecule is CC(C)(C)c1cc(N2CCOCC2)cc2sc3cc(=[N+]4CCOCC4)ccc-3nc12.[I-]. The summed E-state index contributed by atoms with van der Waals surface area (Å²) in [6.45, 7) is 13.8. The van der Waals surface area contributed by atoms with Crippen molar-refractivity contribution < 1.29 is 33.5 Å². The minimum absolute atomic E-state index is 0. The fourth-order valence-electron chi connectivity index (χ4n) is 4.30. The van der Waals surface area contributed by atoms with Gasteiger partial charge in [0.2, 0.25) is 5.36 Å². The second-order valence-corrected chi connectivity index (χ2v) is 10.2. The molecule has 0 N–H and O–H groups in total. The molecule has 1 aliphatic carbocycles. The third-order valence-electron chi connectivity index (χ3n) is 6.02. The van der Waals surface area contributed by atoms with Crippen molar-refractivity contribution in [2.24, 2.45) is 0 Å². The van der Waals surface area contributed by atoms with Gasteiger partial charge in [-0.3, -0.25) is 0 Å². The molecule has 1 aromatic rings. The molecule has 0 aromatic heterocycles. The van der Waals surface area contributed by atoms with Crippen LogP contribution in [-0.4, -0.2) is 57.6 Å². The van der Waals surface area contributed by atoms with Gasteiger partial charge in [-0.25, -0.2) is 9.56 Å². The summed E-state index contributed by atoms with van der Waals surface area (Å²) in [4.78, 5) is 8.83. The second kappa shape index (κ2) is 9.29. The molecule has 4 aliphatic rings. The van der Waals surface area contributed by atoms with Gasteiger partial charge < -0.3 is 38.4 Å². The van der Waals surface area contributed by atoms with Crippen LogP contribution in [0.3, 0.4) is 0 Å². The predicted octanol–water partition coefficient (Wildman–Crippen LogP) is 0.342. The molecule has 31 heavy (non-hydrogen) atoms. The third kappa shape index (κ3) is 4.74. The van der Waals surface area contributed by atoms with Crippen LogP contribution in [0.25, 0.3) is 20.8 Å². The number of morpholine rings is 2. The van der Waals surface area contributed by atoms with E-state index in [1.54, 1.807) is 0 Å². The van der Waals surface area contributed by atoms with Crippen LogP contribution in [0.5, 0.6) is 0 Å². The van der Waals surface area contributed by atoms with E-state index in [2.05, 4.69) is 60.6 Å². The first kappa shape index (κ1) is 22.9. The summed E-state index contributed by atoms with van der Waals surface area (Å²) in [7, 11) is 0. The molecule has 0 atom stereocenters. The maximum absolute atomic E-state index is 5.57. The van der Waals surface area contributed by atoms with E-state index < -0.39 is 0 Å². The van der Waals surface area contributed by atoms with E-state index >= 15 is 0 Å². The Morgan fingerprint density at radius 2 is 1.68 bits per heavy atom. The first-order valence-electron chi connectivity index (χ1n) is 10.9. The van der Waals surface area contributed by atoms with Gasteiger partial charge in [-0.05, 0) is 29.2 Å². The van der Waals surface area contributed by atoms with Gasteiger partial charge in [0.1, 0.15) is 13.2 Å². The minimum atomic E-state index is 0. The molecule has 0 unspecified atom stereocenters. The van der Waals surface area contributed by atoms with Gasteiger partial charge in [0.25, 0.3) is 0 Å². The summed E-state index contributed by atoms with van der Waals surface area (Å²) >= 11 is 1.86. The summed E-state index contributed by atoms with van der Waals surface area (Å²) in [5, 5.41) is 1.27. The highest BCUT2D eigenvalue weighted by Crippen LogP contribution is 2.38. The number of ether oxygens (including phenoxy) is 2. The maximum atomic E-state index is 5.57. The van der Waals surface area contributed by atoms with E-state index in [4.69, 9.17) is 14.5 Å². The summed E-state index contributed by atoms with van der Waals surface area (Å²) in [5.74, 6) is 0. The van der Waals surface area contributed by atoms with E-state index in [0.717, 1.165) is 63.8 Å². The number of fused-ring (bicyclic) bond motifs is 2. The molecular formula is C24H30IN3O2S. The monoisotopic (exact) mass is 551 g/mol. The molecule has 5 rings (SSSR count). The van der Waals surface area contributed by atoms with Crippen LogP contribution < -0.4 is 38.8 Å². The van der Waals surface area contributed by atoms with Crippen molar-refractivity contribution >= 4 is 27.2 Å². The van der Waals surface area contributed by atoms with E-state index in [9.17, 15) is 0 Å². The van der Waals surface area contributed by atoms with E-state index in [-0.39, 0.29) is 29.4 Å². The lowest BCUT2D eigenvalue weighted by molar-refractivity contribution is -0.00000797. The highest BCUT2D eigenvalue weighted by Gasteiger charge is 2.23. The summed E-state index contributed by atoms with van der Waals surface area (Å²) < 4.78 is 14.8.